The van der Waals surface area contributed by atoms with Gasteiger partial charge in [-0.25, -0.2) is 14.8 Å². The molecule has 2 rings (SSSR count). The normalized spacial score (nSPS) is 9.95. The van der Waals surface area contributed by atoms with Gasteiger partial charge in [0.1, 0.15) is 11.6 Å². The standard InChI is InChI=1S/C13H13N3O3/c1-2-19-10-6-4-3-5-9(10)15-11-7-8-14-12(16-11)13(17)18/h3-8H,2H2,1H3,(H,17,18)(H,14,15,16). The van der Waals surface area contributed by atoms with E-state index >= 15 is 0 Å². The van der Waals surface area contributed by atoms with Crippen LogP contribution in [-0.4, -0.2) is 27.7 Å². The van der Waals surface area contributed by atoms with Crippen LogP contribution in [0.1, 0.15) is 17.5 Å². The molecular weight excluding hydrogens is 246 g/mol. The minimum atomic E-state index is -1.17. The highest BCUT2D eigenvalue weighted by atomic mass is 16.5. The molecule has 0 aliphatic carbocycles. The van der Waals surface area contributed by atoms with Gasteiger partial charge in [-0.15, -0.1) is 0 Å². The predicted octanol–water partition coefficient (Wildman–Crippen LogP) is 2.32. The average molecular weight is 259 g/mol. The van der Waals surface area contributed by atoms with E-state index in [1.807, 2.05) is 31.2 Å². The van der Waals surface area contributed by atoms with Crippen molar-refractivity contribution < 1.29 is 14.6 Å². The lowest BCUT2D eigenvalue weighted by atomic mass is 10.3. The number of carboxylic acids is 1. The van der Waals surface area contributed by atoms with Crippen molar-refractivity contribution in [3.63, 3.8) is 0 Å². The molecule has 0 fully saturated rings. The maximum absolute atomic E-state index is 10.8. The molecule has 6 heteroatoms. The fourth-order valence-electron chi connectivity index (χ4n) is 1.52. The number of para-hydroxylation sites is 2. The number of anilines is 2. The summed E-state index contributed by atoms with van der Waals surface area (Å²) in [7, 11) is 0. The zero-order valence-corrected chi connectivity index (χ0v) is 10.3. The van der Waals surface area contributed by atoms with Gasteiger partial charge in [0.25, 0.3) is 0 Å². The molecule has 0 bridgehead atoms. The summed E-state index contributed by atoms with van der Waals surface area (Å²) < 4.78 is 5.46. The van der Waals surface area contributed by atoms with Gasteiger partial charge in [-0.2, -0.15) is 0 Å². The number of ether oxygens (including phenoxy) is 1. The van der Waals surface area contributed by atoms with Crippen molar-refractivity contribution >= 4 is 17.5 Å². The first-order valence-electron chi connectivity index (χ1n) is 5.76. The highest BCUT2D eigenvalue weighted by molar-refractivity contribution is 5.83. The number of nitrogens with zero attached hydrogens (tertiary/aromatic N) is 2. The Morgan fingerprint density at radius 3 is 2.89 bits per heavy atom. The molecule has 1 aromatic carbocycles. The van der Waals surface area contributed by atoms with E-state index in [9.17, 15) is 4.79 Å². The van der Waals surface area contributed by atoms with Gasteiger partial charge in [0.15, 0.2) is 0 Å². The van der Waals surface area contributed by atoms with Crippen LogP contribution in [0, 0.1) is 0 Å². The molecule has 1 heterocycles. The van der Waals surface area contributed by atoms with Crippen LogP contribution in [0.25, 0.3) is 0 Å². The third-order valence-corrected chi connectivity index (χ3v) is 2.30. The Balaban J connectivity index is 2.26. The molecule has 98 valence electrons. The van der Waals surface area contributed by atoms with Crippen LogP contribution in [0.2, 0.25) is 0 Å². The predicted molar refractivity (Wildman–Crippen MR) is 69.9 cm³/mol. The van der Waals surface area contributed by atoms with E-state index in [1.54, 1.807) is 6.07 Å². The number of rotatable bonds is 5. The molecule has 19 heavy (non-hydrogen) atoms. The third kappa shape index (κ3) is 3.19. The minimum absolute atomic E-state index is 0.251. The molecule has 0 saturated carbocycles. The largest absolute Gasteiger partial charge is 0.492 e. The Hall–Kier alpha value is -2.63. The number of carboxylic acid groups (broad SMARTS) is 1. The van der Waals surface area contributed by atoms with Crippen molar-refractivity contribution in [3.8, 4) is 5.75 Å². The van der Waals surface area contributed by atoms with Crippen LogP contribution >= 0.6 is 0 Å². The lowest BCUT2D eigenvalue weighted by molar-refractivity contribution is 0.0683. The molecule has 2 aromatic rings. The van der Waals surface area contributed by atoms with Crippen LogP contribution in [-0.2, 0) is 0 Å². The molecule has 0 radical (unpaired) electrons. The maximum atomic E-state index is 10.8. The number of aromatic carboxylic acids is 1. The van der Waals surface area contributed by atoms with Crippen LogP contribution in [0.5, 0.6) is 5.75 Å². The van der Waals surface area contributed by atoms with E-state index in [0.29, 0.717) is 18.2 Å². The molecule has 0 aliphatic heterocycles. The number of hydrogen-bond donors (Lipinski definition) is 2. The van der Waals surface area contributed by atoms with Gasteiger partial charge in [-0.05, 0) is 25.1 Å². The molecule has 6 nitrogen and oxygen atoms in total. The van der Waals surface area contributed by atoms with Crippen molar-refractivity contribution in [1.29, 1.82) is 0 Å². The van der Waals surface area contributed by atoms with Crippen molar-refractivity contribution in [1.82, 2.24) is 9.97 Å². The average Bonchev–Trinajstić information content (AvgIpc) is 2.41. The molecule has 0 spiro atoms. The number of carbonyl (C=O) groups is 1. The first-order valence-corrected chi connectivity index (χ1v) is 5.76. The topological polar surface area (TPSA) is 84.3 Å². The van der Waals surface area contributed by atoms with Gasteiger partial charge < -0.3 is 15.2 Å². The maximum Gasteiger partial charge on any atom is 0.374 e. The number of nitrogens with one attached hydrogen (secondary N) is 1. The lowest BCUT2D eigenvalue weighted by Crippen LogP contribution is -2.06. The second kappa shape index (κ2) is 5.81. The molecule has 2 N–H and O–H groups in total. The van der Waals surface area contributed by atoms with Gasteiger partial charge in [0.05, 0.1) is 12.3 Å². The van der Waals surface area contributed by atoms with E-state index < -0.39 is 5.97 Å². The van der Waals surface area contributed by atoms with Crippen LogP contribution < -0.4 is 10.1 Å². The number of benzene rings is 1. The lowest BCUT2D eigenvalue weighted by Gasteiger charge is -2.11. The van der Waals surface area contributed by atoms with Crippen molar-refractivity contribution in [2.75, 3.05) is 11.9 Å². The summed E-state index contributed by atoms with van der Waals surface area (Å²) in [6, 6.07) is 8.96. The van der Waals surface area contributed by atoms with E-state index in [4.69, 9.17) is 9.84 Å². The summed E-state index contributed by atoms with van der Waals surface area (Å²) in [6.07, 6.45) is 1.39. The van der Waals surface area contributed by atoms with Crippen LogP contribution in [0.3, 0.4) is 0 Å². The molecule has 0 aliphatic rings. The Bertz CT molecular complexity index is 587. The van der Waals surface area contributed by atoms with E-state index in [1.165, 1.54) is 6.20 Å². The fraction of sp³-hybridized carbons (Fsp3) is 0.154. The minimum Gasteiger partial charge on any atom is -0.492 e. The summed E-state index contributed by atoms with van der Waals surface area (Å²) in [5.74, 6) is -0.333. The van der Waals surface area contributed by atoms with E-state index in [-0.39, 0.29) is 5.82 Å². The summed E-state index contributed by atoms with van der Waals surface area (Å²) >= 11 is 0. The SMILES string of the molecule is CCOc1ccccc1Nc1ccnc(C(=O)O)n1. The van der Waals surface area contributed by atoms with Crippen molar-refractivity contribution in [3.05, 3.63) is 42.4 Å². The number of aromatic nitrogens is 2. The molecule has 0 saturated heterocycles. The molecule has 0 unspecified atom stereocenters. The van der Waals surface area contributed by atoms with Gasteiger partial charge in [-0.1, -0.05) is 12.1 Å². The monoisotopic (exact) mass is 259 g/mol. The van der Waals surface area contributed by atoms with Crippen LogP contribution in [0.15, 0.2) is 36.5 Å². The molecule has 0 amide bonds. The Kier molecular flexibility index (Phi) is 3.92. The van der Waals surface area contributed by atoms with Gasteiger partial charge in [-0.3, -0.25) is 0 Å². The fourth-order valence-corrected chi connectivity index (χ4v) is 1.52. The highest BCUT2D eigenvalue weighted by Crippen LogP contribution is 2.26. The number of hydrogen-bond acceptors (Lipinski definition) is 5. The Morgan fingerprint density at radius 1 is 1.37 bits per heavy atom. The van der Waals surface area contributed by atoms with Gasteiger partial charge >= 0.3 is 5.97 Å². The zero-order chi connectivity index (χ0) is 13.7. The second-order valence-corrected chi connectivity index (χ2v) is 3.62. The summed E-state index contributed by atoms with van der Waals surface area (Å²) in [4.78, 5) is 18.3. The highest BCUT2D eigenvalue weighted by Gasteiger charge is 2.08. The second-order valence-electron chi connectivity index (χ2n) is 3.62. The first-order chi connectivity index (χ1) is 9.20. The molecule has 1 aromatic heterocycles. The van der Waals surface area contributed by atoms with Crippen LogP contribution in [0.4, 0.5) is 11.5 Å². The third-order valence-electron chi connectivity index (χ3n) is 2.30. The Morgan fingerprint density at radius 2 is 2.16 bits per heavy atom. The summed E-state index contributed by atoms with van der Waals surface area (Å²) in [6.45, 7) is 2.44. The molecular formula is C13H13N3O3. The summed E-state index contributed by atoms with van der Waals surface area (Å²) in [5, 5.41) is 11.8. The van der Waals surface area contributed by atoms with Crippen molar-refractivity contribution in [2.24, 2.45) is 0 Å². The van der Waals surface area contributed by atoms with Gasteiger partial charge in [0.2, 0.25) is 5.82 Å². The van der Waals surface area contributed by atoms with E-state index in [0.717, 1.165) is 5.69 Å². The first kappa shape index (κ1) is 12.8. The van der Waals surface area contributed by atoms with Gasteiger partial charge in [0, 0.05) is 6.20 Å². The summed E-state index contributed by atoms with van der Waals surface area (Å²) in [5.41, 5.74) is 0.722. The zero-order valence-electron chi connectivity index (χ0n) is 10.3. The van der Waals surface area contributed by atoms with Crippen molar-refractivity contribution in [2.45, 2.75) is 6.92 Å². The quantitative estimate of drug-likeness (QED) is 0.857. The van der Waals surface area contributed by atoms with E-state index in [2.05, 4.69) is 15.3 Å². The Labute approximate surface area is 110 Å². The molecule has 0 atom stereocenters. The smallest absolute Gasteiger partial charge is 0.374 e.